The highest BCUT2D eigenvalue weighted by molar-refractivity contribution is 5.82. The van der Waals surface area contributed by atoms with Gasteiger partial charge < -0.3 is 15.0 Å². The molecule has 1 fully saturated rings. The number of hydrogen-bond acceptors (Lipinski definition) is 3. The third kappa shape index (κ3) is 5.43. The minimum Gasteiger partial charge on any atom is -0.379 e. The van der Waals surface area contributed by atoms with Gasteiger partial charge in [0.05, 0.1) is 12.1 Å². The molecule has 1 aromatic carbocycles. The van der Waals surface area contributed by atoms with Gasteiger partial charge in [-0.2, -0.15) is 0 Å². The summed E-state index contributed by atoms with van der Waals surface area (Å²) in [6, 6.07) is 10.4. The fourth-order valence-corrected chi connectivity index (χ4v) is 2.96. The molecule has 2 aromatic rings. The van der Waals surface area contributed by atoms with Crippen LogP contribution in [-0.4, -0.2) is 55.7 Å². The molecule has 0 radical (unpaired) electrons. The molecular formula is C21H30N4O. The van der Waals surface area contributed by atoms with Crippen molar-refractivity contribution in [2.75, 3.05) is 39.9 Å². The lowest BCUT2D eigenvalue weighted by atomic mass is 10.1. The average Bonchev–Trinajstić information content (AvgIpc) is 3.49. The van der Waals surface area contributed by atoms with E-state index in [0.717, 1.165) is 56.7 Å². The molecule has 1 aliphatic carbocycles. The summed E-state index contributed by atoms with van der Waals surface area (Å²) in [6.45, 7) is 6.23. The third-order valence-electron chi connectivity index (χ3n) is 4.68. The van der Waals surface area contributed by atoms with Crippen molar-refractivity contribution >= 4 is 16.9 Å². The van der Waals surface area contributed by atoms with Crippen LogP contribution in [0.5, 0.6) is 0 Å². The number of aromatic nitrogens is 1. The minimum absolute atomic E-state index is 0.741. The second kappa shape index (κ2) is 9.53. The monoisotopic (exact) mass is 354 g/mol. The molecule has 1 aromatic heterocycles. The Balaban J connectivity index is 1.53. The Morgan fingerprint density at radius 3 is 2.96 bits per heavy atom. The Kier molecular flexibility index (Phi) is 6.83. The molecule has 26 heavy (non-hydrogen) atoms. The first kappa shape index (κ1) is 18.6. The molecular weight excluding hydrogens is 324 g/mol. The maximum atomic E-state index is 5.75. The van der Waals surface area contributed by atoms with Gasteiger partial charge in [0.25, 0.3) is 0 Å². The van der Waals surface area contributed by atoms with E-state index < -0.39 is 0 Å². The molecule has 5 nitrogen and oxygen atoms in total. The molecule has 140 valence electrons. The first-order chi connectivity index (χ1) is 12.8. The van der Waals surface area contributed by atoms with Gasteiger partial charge in [0.15, 0.2) is 5.96 Å². The van der Waals surface area contributed by atoms with Gasteiger partial charge in [-0.3, -0.25) is 9.98 Å². The van der Waals surface area contributed by atoms with E-state index in [2.05, 4.69) is 53.4 Å². The van der Waals surface area contributed by atoms with Crippen LogP contribution in [0.25, 0.3) is 10.9 Å². The van der Waals surface area contributed by atoms with Crippen molar-refractivity contribution < 1.29 is 4.74 Å². The summed E-state index contributed by atoms with van der Waals surface area (Å²) in [4.78, 5) is 11.5. The molecule has 0 amide bonds. The van der Waals surface area contributed by atoms with Crippen LogP contribution in [0, 0.1) is 5.92 Å². The van der Waals surface area contributed by atoms with Gasteiger partial charge in [-0.05, 0) is 43.7 Å². The molecule has 0 aliphatic heterocycles. The number of rotatable bonds is 9. The van der Waals surface area contributed by atoms with Crippen LogP contribution in [0.2, 0.25) is 0 Å². The number of ether oxygens (including phenoxy) is 1. The van der Waals surface area contributed by atoms with Crippen LogP contribution in [0.3, 0.4) is 0 Å². The largest absolute Gasteiger partial charge is 0.379 e. The number of benzene rings is 1. The SMILES string of the molecule is CCNC(=NCCc1cccc2cccnc12)N(C)CCOCC1CC1. The molecule has 0 spiro atoms. The van der Waals surface area contributed by atoms with E-state index in [0.29, 0.717) is 0 Å². The average molecular weight is 354 g/mol. The van der Waals surface area contributed by atoms with E-state index in [-0.39, 0.29) is 0 Å². The van der Waals surface area contributed by atoms with E-state index in [1.54, 1.807) is 0 Å². The van der Waals surface area contributed by atoms with Crippen LogP contribution in [0.15, 0.2) is 41.5 Å². The number of para-hydroxylation sites is 1. The molecule has 3 rings (SSSR count). The topological polar surface area (TPSA) is 49.8 Å². The van der Waals surface area contributed by atoms with Crippen LogP contribution in [-0.2, 0) is 11.2 Å². The summed E-state index contributed by atoms with van der Waals surface area (Å²) in [6.07, 6.45) is 5.41. The third-order valence-corrected chi connectivity index (χ3v) is 4.68. The number of guanidine groups is 1. The molecule has 0 bridgehead atoms. The van der Waals surface area contributed by atoms with Crippen LogP contribution in [0.4, 0.5) is 0 Å². The molecule has 1 aliphatic rings. The fraction of sp³-hybridized carbons (Fsp3) is 0.524. The number of likely N-dealkylation sites (N-methyl/N-ethyl adjacent to an activating group) is 1. The lowest BCUT2D eigenvalue weighted by Gasteiger charge is -2.22. The van der Waals surface area contributed by atoms with Crippen molar-refractivity contribution in [2.24, 2.45) is 10.9 Å². The van der Waals surface area contributed by atoms with Gasteiger partial charge in [0.2, 0.25) is 0 Å². The van der Waals surface area contributed by atoms with Gasteiger partial charge >= 0.3 is 0 Å². The first-order valence-corrected chi connectivity index (χ1v) is 9.67. The van der Waals surface area contributed by atoms with Gasteiger partial charge in [-0.1, -0.05) is 24.3 Å². The van der Waals surface area contributed by atoms with Crippen LogP contribution >= 0.6 is 0 Å². The summed E-state index contributed by atoms with van der Waals surface area (Å²) >= 11 is 0. The normalized spacial score (nSPS) is 14.6. The molecule has 5 heteroatoms. The lowest BCUT2D eigenvalue weighted by Crippen LogP contribution is -2.40. The van der Waals surface area contributed by atoms with Crippen LogP contribution < -0.4 is 5.32 Å². The molecule has 1 heterocycles. The Bertz CT molecular complexity index is 722. The molecule has 1 saturated carbocycles. The quantitative estimate of drug-likeness (QED) is 0.427. The Labute approximate surface area is 156 Å². The predicted molar refractivity (Wildman–Crippen MR) is 108 cm³/mol. The highest BCUT2D eigenvalue weighted by Gasteiger charge is 2.21. The van der Waals surface area contributed by atoms with Crippen molar-refractivity contribution in [3.63, 3.8) is 0 Å². The fourth-order valence-electron chi connectivity index (χ4n) is 2.96. The summed E-state index contributed by atoms with van der Waals surface area (Å²) in [5, 5.41) is 4.56. The van der Waals surface area contributed by atoms with Crippen molar-refractivity contribution in [2.45, 2.75) is 26.2 Å². The number of aliphatic imine (C=N–C) groups is 1. The summed E-state index contributed by atoms with van der Waals surface area (Å²) < 4.78 is 5.75. The zero-order valence-corrected chi connectivity index (χ0v) is 15.9. The van der Waals surface area contributed by atoms with Crippen molar-refractivity contribution in [1.29, 1.82) is 0 Å². The second-order valence-corrected chi connectivity index (χ2v) is 6.92. The highest BCUT2D eigenvalue weighted by Crippen LogP contribution is 2.28. The van der Waals surface area contributed by atoms with E-state index in [4.69, 9.17) is 9.73 Å². The Morgan fingerprint density at radius 2 is 2.15 bits per heavy atom. The number of nitrogens with zero attached hydrogens (tertiary/aromatic N) is 3. The number of fused-ring (bicyclic) bond motifs is 1. The maximum absolute atomic E-state index is 5.75. The van der Waals surface area contributed by atoms with Crippen molar-refractivity contribution in [3.05, 3.63) is 42.1 Å². The molecule has 0 atom stereocenters. The van der Waals surface area contributed by atoms with Gasteiger partial charge in [-0.15, -0.1) is 0 Å². The van der Waals surface area contributed by atoms with Crippen molar-refractivity contribution in [3.8, 4) is 0 Å². The maximum Gasteiger partial charge on any atom is 0.193 e. The van der Waals surface area contributed by atoms with E-state index in [1.165, 1.54) is 23.8 Å². The smallest absolute Gasteiger partial charge is 0.193 e. The number of pyridine rings is 1. The number of hydrogen-bond donors (Lipinski definition) is 1. The van der Waals surface area contributed by atoms with E-state index in [1.807, 2.05) is 12.3 Å². The standard InChI is InChI=1S/C21H30N4O/c1-3-22-21(25(2)14-15-26-16-17-9-10-17)24-13-11-19-7-4-6-18-8-5-12-23-20(18)19/h4-8,12,17H,3,9-11,13-16H2,1-2H3,(H,22,24). The predicted octanol–water partition coefficient (Wildman–Crippen LogP) is 3.10. The molecule has 0 saturated heterocycles. The lowest BCUT2D eigenvalue weighted by molar-refractivity contribution is 0.115. The first-order valence-electron chi connectivity index (χ1n) is 9.67. The summed E-state index contributed by atoms with van der Waals surface area (Å²) in [5.41, 5.74) is 2.33. The van der Waals surface area contributed by atoms with Gasteiger partial charge in [0.1, 0.15) is 0 Å². The van der Waals surface area contributed by atoms with Crippen LogP contribution in [0.1, 0.15) is 25.3 Å². The summed E-state index contributed by atoms with van der Waals surface area (Å²) in [5.74, 6) is 1.76. The van der Waals surface area contributed by atoms with E-state index >= 15 is 0 Å². The molecule has 1 N–H and O–H groups in total. The molecule has 0 unspecified atom stereocenters. The zero-order chi connectivity index (χ0) is 18.2. The summed E-state index contributed by atoms with van der Waals surface area (Å²) in [7, 11) is 2.07. The van der Waals surface area contributed by atoms with Gasteiger partial charge in [0, 0.05) is 44.9 Å². The minimum atomic E-state index is 0.741. The highest BCUT2D eigenvalue weighted by atomic mass is 16.5. The van der Waals surface area contributed by atoms with E-state index in [9.17, 15) is 0 Å². The van der Waals surface area contributed by atoms with Gasteiger partial charge in [-0.25, -0.2) is 0 Å². The Morgan fingerprint density at radius 1 is 1.31 bits per heavy atom. The zero-order valence-electron chi connectivity index (χ0n) is 15.9. The number of nitrogens with one attached hydrogen (secondary N) is 1. The second-order valence-electron chi connectivity index (χ2n) is 6.92. The Hall–Kier alpha value is -2.14. The van der Waals surface area contributed by atoms with Crippen molar-refractivity contribution in [1.82, 2.24) is 15.2 Å².